The molecule has 4 nitrogen and oxygen atoms in total. The molecule has 2 aliphatic rings. The number of rotatable bonds is 3. The van der Waals surface area contributed by atoms with Gasteiger partial charge in [-0.15, -0.1) is 0 Å². The van der Waals surface area contributed by atoms with Gasteiger partial charge in [-0.1, -0.05) is 18.2 Å². The van der Waals surface area contributed by atoms with Crippen molar-refractivity contribution in [2.24, 2.45) is 0 Å². The van der Waals surface area contributed by atoms with Crippen molar-refractivity contribution in [1.82, 2.24) is 5.32 Å². The monoisotopic (exact) mass is 277 g/mol. The van der Waals surface area contributed by atoms with Crippen LogP contribution in [0.1, 0.15) is 30.9 Å². The largest absolute Gasteiger partial charge is 0.493 e. The van der Waals surface area contributed by atoms with Crippen LogP contribution in [0.2, 0.25) is 0 Å². The second-order valence-corrected chi connectivity index (χ2v) is 5.95. The second-order valence-electron chi connectivity index (χ2n) is 5.95. The minimum atomic E-state index is -0.902. The lowest BCUT2D eigenvalue weighted by atomic mass is 9.86. The fourth-order valence-corrected chi connectivity index (χ4v) is 3.15. The lowest BCUT2D eigenvalue weighted by Crippen LogP contribution is -2.45. The Hall–Kier alpha value is -1.10. The Morgan fingerprint density at radius 3 is 3.10 bits per heavy atom. The van der Waals surface area contributed by atoms with E-state index in [1.807, 2.05) is 19.1 Å². The minimum absolute atomic E-state index is 0.193. The molecule has 1 aromatic carbocycles. The van der Waals surface area contributed by atoms with E-state index >= 15 is 0 Å². The van der Waals surface area contributed by atoms with E-state index in [-0.39, 0.29) is 6.04 Å². The van der Waals surface area contributed by atoms with Crippen molar-refractivity contribution in [3.05, 3.63) is 29.3 Å². The normalized spacial score (nSPS) is 25.4. The summed E-state index contributed by atoms with van der Waals surface area (Å²) >= 11 is 0. The molecule has 2 atom stereocenters. The lowest BCUT2D eigenvalue weighted by molar-refractivity contribution is 0.00127. The summed E-state index contributed by atoms with van der Waals surface area (Å²) < 4.78 is 11.3. The molecule has 0 radical (unpaired) electrons. The SMILES string of the molecule is CC(O)(CC1COCCN1)c1cccc2c1OCCC2. The van der Waals surface area contributed by atoms with Crippen LogP contribution in [0.4, 0.5) is 0 Å². The third-order valence-corrected chi connectivity index (χ3v) is 4.16. The maximum absolute atomic E-state index is 10.9. The third-order valence-electron chi connectivity index (χ3n) is 4.16. The molecular weight excluding hydrogens is 254 g/mol. The number of nitrogens with one attached hydrogen (secondary N) is 1. The van der Waals surface area contributed by atoms with Gasteiger partial charge < -0.3 is 19.9 Å². The minimum Gasteiger partial charge on any atom is -0.493 e. The second kappa shape index (κ2) is 5.72. The van der Waals surface area contributed by atoms with Crippen molar-refractivity contribution in [3.63, 3.8) is 0 Å². The van der Waals surface area contributed by atoms with E-state index in [2.05, 4.69) is 11.4 Å². The van der Waals surface area contributed by atoms with Crippen LogP contribution in [0.3, 0.4) is 0 Å². The van der Waals surface area contributed by atoms with E-state index in [1.54, 1.807) is 0 Å². The number of aryl methyl sites for hydroxylation is 1. The van der Waals surface area contributed by atoms with E-state index in [1.165, 1.54) is 5.56 Å². The van der Waals surface area contributed by atoms with Gasteiger partial charge in [-0.2, -0.15) is 0 Å². The van der Waals surface area contributed by atoms with Gasteiger partial charge in [0.25, 0.3) is 0 Å². The number of ether oxygens (including phenoxy) is 2. The van der Waals surface area contributed by atoms with Gasteiger partial charge in [-0.05, 0) is 31.7 Å². The van der Waals surface area contributed by atoms with Crippen molar-refractivity contribution in [1.29, 1.82) is 0 Å². The Bertz CT molecular complexity index is 467. The summed E-state index contributed by atoms with van der Waals surface area (Å²) in [6, 6.07) is 6.28. The molecule has 1 saturated heterocycles. The molecule has 0 bridgehead atoms. The summed E-state index contributed by atoms with van der Waals surface area (Å²) in [5, 5.41) is 14.3. The van der Waals surface area contributed by atoms with Crippen LogP contribution < -0.4 is 10.1 Å². The van der Waals surface area contributed by atoms with E-state index in [4.69, 9.17) is 9.47 Å². The number of para-hydroxylation sites is 1. The quantitative estimate of drug-likeness (QED) is 0.881. The predicted molar refractivity (Wildman–Crippen MR) is 77.1 cm³/mol. The molecule has 0 aliphatic carbocycles. The van der Waals surface area contributed by atoms with Gasteiger partial charge in [0.2, 0.25) is 0 Å². The summed E-state index contributed by atoms with van der Waals surface area (Å²) in [7, 11) is 0. The number of morpholine rings is 1. The van der Waals surface area contributed by atoms with Crippen LogP contribution in [0.5, 0.6) is 5.75 Å². The van der Waals surface area contributed by atoms with Gasteiger partial charge in [0, 0.05) is 18.2 Å². The van der Waals surface area contributed by atoms with Gasteiger partial charge >= 0.3 is 0 Å². The maximum atomic E-state index is 10.9. The van der Waals surface area contributed by atoms with Crippen LogP contribution in [-0.2, 0) is 16.8 Å². The first-order valence-corrected chi connectivity index (χ1v) is 7.45. The van der Waals surface area contributed by atoms with E-state index in [0.717, 1.165) is 43.9 Å². The summed E-state index contributed by atoms with van der Waals surface area (Å²) in [6.07, 6.45) is 2.72. The average molecular weight is 277 g/mol. The Balaban J connectivity index is 1.82. The summed E-state index contributed by atoms with van der Waals surface area (Å²) in [5.41, 5.74) is 1.21. The molecule has 3 rings (SSSR count). The van der Waals surface area contributed by atoms with Crippen LogP contribution in [0.25, 0.3) is 0 Å². The first-order chi connectivity index (χ1) is 9.67. The molecule has 2 N–H and O–H groups in total. The topological polar surface area (TPSA) is 50.7 Å². The molecule has 0 aromatic heterocycles. The van der Waals surface area contributed by atoms with Crippen LogP contribution in [0.15, 0.2) is 18.2 Å². The molecular formula is C16H23NO3. The molecule has 2 heterocycles. The van der Waals surface area contributed by atoms with E-state index in [9.17, 15) is 5.11 Å². The Morgan fingerprint density at radius 2 is 2.30 bits per heavy atom. The van der Waals surface area contributed by atoms with Crippen molar-refractivity contribution in [3.8, 4) is 5.75 Å². The van der Waals surface area contributed by atoms with Gasteiger partial charge in [-0.3, -0.25) is 0 Å². The molecule has 0 amide bonds. The highest BCUT2D eigenvalue weighted by Crippen LogP contribution is 2.38. The molecule has 0 saturated carbocycles. The third kappa shape index (κ3) is 2.82. The Morgan fingerprint density at radius 1 is 1.40 bits per heavy atom. The maximum Gasteiger partial charge on any atom is 0.128 e. The number of aliphatic hydroxyl groups is 1. The Labute approximate surface area is 120 Å². The number of benzene rings is 1. The van der Waals surface area contributed by atoms with E-state index < -0.39 is 5.60 Å². The fraction of sp³-hybridized carbons (Fsp3) is 0.625. The zero-order chi connectivity index (χ0) is 14.0. The standard InChI is InChI=1S/C16H23NO3/c1-16(18,10-13-11-19-9-7-17-13)14-6-2-4-12-5-3-8-20-15(12)14/h2,4,6,13,17-18H,3,5,7-11H2,1H3. The molecule has 1 fully saturated rings. The smallest absolute Gasteiger partial charge is 0.128 e. The van der Waals surface area contributed by atoms with Gasteiger partial charge in [0.15, 0.2) is 0 Å². The highest BCUT2D eigenvalue weighted by atomic mass is 16.5. The molecule has 1 aromatic rings. The fourth-order valence-electron chi connectivity index (χ4n) is 3.15. The van der Waals surface area contributed by atoms with Gasteiger partial charge in [0.05, 0.1) is 25.4 Å². The number of hydrogen-bond donors (Lipinski definition) is 2. The van der Waals surface area contributed by atoms with Crippen molar-refractivity contribution in [2.45, 2.75) is 37.8 Å². The van der Waals surface area contributed by atoms with E-state index in [0.29, 0.717) is 13.0 Å². The average Bonchev–Trinajstić information content (AvgIpc) is 2.47. The predicted octanol–water partition coefficient (Wildman–Crippen LogP) is 1.60. The first kappa shape index (κ1) is 13.9. The molecule has 110 valence electrons. The molecule has 2 unspecified atom stereocenters. The molecule has 2 aliphatic heterocycles. The zero-order valence-electron chi connectivity index (χ0n) is 12.0. The van der Waals surface area contributed by atoms with Crippen LogP contribution >= 0.6 is 0 Å². The Kier molecular flexibility index (Phi) is 3.96. The van der Waals surface area contributed by atoms with Gasteiger partial charge in [-0.25, -0.2) is 0 Å². The number of hydrogen-bond acceptors (Lipinski definition) is 4. The molecule has 20 heavy (non-hydrogen) atoms. The highest BCUT2D eigenvalue weighted by Gasteiger charge is 2.32. The van der Waals surface area contributed by atoms with Crippen LogP contribution in [-0.4, -0.2) is 37.5 Å². The van der Waals surface area contributed by atoms with Gasteiger partial charge in [0.1, 0.15) is 5.75 Å². The lowest BCUT2D eigenvalue weighted by Gasteiger charge is -2.34. The van der Waals surface area contributed by atoms with Crippen molar-refractivity contribution < 1.29 is 14.6 Å². The van der Waals surface area contributed by atoms with Crippen LogP contribution in [0, 0.1) is 0 Å². The van der Waals surface area contributed by atoms with Crippen molar-refractivity contribution >= 4 is 0 Å². The summed E-state index contributed by atoms with van der Waals surface area (Å²) in [5.74, 6) is 0.889. The zero-order valence-corrected chi connectivity index (χ0v) is 12.0. The molecule has 0 spiro atoms. The highest BCUT2D eigenvalue weighted by molar-refractivity contribution is 5.45. The first-order valence-electron chi connectivity index (χ1n) is 7.45. The van der Waals surface area contributed by atoms with Crippen molar-refractivity contribution in [2.75, 3.05) is 26.4 Å². The summed E-state index contributed by atoms with van der Waals surface area (Å²) in [4.78, 5) is 0. The number of fused-ring (bicyclic) bond motifs is 1. The molecule has 4 heteroatoms. The summed E-state index contributed by atoms with van der Waals surface area (Å²) in [6.45, 7) is 4.88.